The Morgan fingerprint density at radius 3 is 2.44 bits per heavy atom. The molecular weight excluding hydrogens is 402 g/mol. The second-order valence-corrected chi connectivity index (χ2v) is 8.03. The van der Waals surface area contributed by atoms with Crippen LogP contribution in [0.3, 0.4) is 0 Å². The smallest absolute Gasteiger partial charge is 0.154 e. The van der Waals surface area contributed by atoms with E-state index in [-0.39, 0.29) is 6.10 Å². The van der Waals surface area contributed by atoms with E-state index in [0.717, 1.165) is 49.1 Å². The second-order valence-electron chi connectivity index (χ2n) is 8.03. The third-order valence-electron chi connectivity index (χ3n) is 6.02. The number of carbonyl (C=O) groups excluding carboxylic acids is 1. The molecule has 2 unspecified atom stereocenters. The van der Waals surface area contributed by atoms with Crippen LogP contribution in [0.25, 0.3) is 11.1 Å². The van der Waals surface area contributed by atoms with Gasteiger partial charge in [-0.3, -0.25) is 4.79 Å². The van der Waals surface area contributed by atoms with E-state index < -0.39 is 0 Å². The van der Waals surface area contributed by atoms with Crippen LogP contribution in [0.15, 0.2) is 66.7 Å². The van der Waals surface area contributed by atoms with Crippen LogP contribution in [0.1, 0.15) is 22.3 Å². The molecule has 0 spiro atoms. The van der Waals surface area contributed by atoms with Gasteiger partial charge in [0.1, 0.15) is 23.4 Å². The second kappa shape index (κ2) is 10.3. The molecule has 5 heteroatoms. The Morgan fingerprint density at radius 2 is 1.75 bits per heavy atom. The van der Waals surface area contributed by atoms with Crippen LogP contribution in [-0.4, -0.2) is 39.7 Å². The topological polar surface area (TPSA) is 56.8 Å². The zero-order chi connectivity index (χ0) is 22.3. The summed E-state index contributed by atoms with van der Waals surface area (Å²) in [6.07, 6.45) is 2.79. The van der Waals surface area contributed by atoms with Crippen molar-refractivity contribution in [2.24, 2.45) is 5.92 Å². The largest absolute Gasteiger partial charge is 0.497 e. The summed E-state index contributed by atoms with van der Waals surface area (Å²) in [4.78, 5) is 11.9. The molecule has 32 heavy (non-hydrogen) atoms. The Morgan fingerprint density at radius 1 is 0.969 bits per heavy atom. The minimum Gasteiger partial charge on any atom is -0.497 e. The molecule has 3 aromatic carbocycles. The minimum absolute atomic E-state index is 0.0759. The van der Waals surface area contributed by atoms with E-state index in [1.807, 2.05) is 42.5 Å². The standard InChI is InChI=1S/C27H29NO4/c1-30-22-10-8-20(9-11-22)24-15-23(16-27(31-2)25(24)18-29)32-26-12-13-28-17-21(26)14-19-6-4-3-5-7-19/h3-11,15-16,18,21,26,28H,12-14,17H2,1-2H3. The van der Waals surface area contributed by atoms with Crippen LogP contribution in [0.5, 0.6) is 17.2 Å². The molecule has 4 rings (SSSR count). The fourth-order valence-electron chi connectivity index (χ4n) is 4.32. The summed E-state index contributed by atoms with van der Waals surface area (Å²) in [5.41, 5.74) is 3.51. The predicted molar refractivity (Wildman–Crippen MR) is 126 cm³/mol. The van der Waals surface area contributed by atoms with Gasteiger partial charge < -0.3 is 19.5 Å². The quantitative estimate of drug-likeness (QED) is 0.520. The van der Waals surface area contributed by atoms with E-state index in [2.05, 4.69) is 29.6 Å². The molecule has 1 saturated heterocycles. The molecule has 1 N–H and O–H groups in total. The van der Waals surface area contributed by atoms with Gasteiger partial charge in [0.2, 0.25) is 0 Å². The van der Waals surface area contributed by atoms with Crippen molar-refractivity contribution < 1.29 is 19.0 Å². The lowest BCUT2D eigenvalue weighted by molar-refractivity contribution is 0.102. The first kappa shape index (κ1) is 21.9. The van der Waals surface area contributed by atoms with Crippen LogP contribution in [-0.2, 0) is 6.42 Å². The molecule has 0 amide bonds. The molecule has 0 bridgehead atoms. The summed E-state index contributed by atoms with van der Waals surface area (Å²) in [6, 6.07) is 21.9. The summed E-state index contributed by atoms with van der Waals surface area (Å²) in [7, 11) is 3.21. The summed E-state index contributed by atoms with van der Waals surface area (Å²) < 4.78 is 17.3. The summed E-state index contributed by atoms with van der Waals surface area (Å²) in [5.74, 6) is 2.34. The van der Waals surface area contributed by atoms with Crippen LogP contribution in [0.4, 0.5) is 0 Å². The van der Waals surface area contributed by atoms with Gasteiger partial charge in [-0.2, -0.15) is 0 Å². The molecule has 0 aliphatic carbocycles. The average Bonchev–Trinajstić information content (AvgIpc) is 2.85. The highest BCUT2D eigenvalue weighted by molar-refractivity contribution is 5.92. The number of methoxy groups -OCH3 is 2. The lowest BCUT2D eigenvalue weighted by atomic mass is 9.89. The van der Waals surface area contributed by atoms with Crippen LogP contribution in [0, 0.1) is 5.92 Å². The lowest BCUT2D eigenvalue weighted by Gasteiger charge is -2.33. The van der Waals surface area contributed by atoms with Crippen molar-refractivity contribution in [1.29, 1.82) is 0 Å². The Kier molecular flexibility index (Phi) is 7.07. The Hall–Kier alpha value is -3.31. The van der Waals surface area contributed by atoms with Gasteiger partial charge in [0, 0.05) is 18.5 Å². The van der Waals surface area contributed by atoms with E-state index in [1.54, 1.807) is 14.2 Å². The first-order chi connectivity index (χ1) is 15.7. The van der Waals surface area contributed by atoms with E-state index in [1.165, 1.54) is 5.56 Å². The van der Waals surface area contributed by atoms with Crippen molar-refractivity contribution in [3.8, 4) is 28.4 Å². The molecule has 0 saturated carbocycles. The fourth-order valence-corrected chi connectivity index (χ4v) is 4.32. The van der Waals surface area contributed by atoms with Crippen LogP contribution in [0.2, 0.25) is 0 Å². The summed E-state index contributed by atoms with van der Waals surface area (Å²) in [5, 5.41) is 3.50. The zero-order valence-corrected chi connectivity index (χ0v) is 18.5. The van der Waals surface area contributed by atoms with E-state index in [9.17, 15) is 4.79 Å². The Labute approximate surface area is 189 Å². The predicted octanol–water partition coefficient (Wildman–Crippen LogP) is 4.78. The van der Waals surface area contributed by atoms with Crippen LogP contribution < -0.4 is 19.5 Å². The third-order valence-corrected chi connectivity index (χ3v) is 6.02. The molecule has 2 atom stereocenters. The van der Waals surface area contributed by atoms with Gasteiger partial charge >= 0.3 is 0 Å². The highest BCUT2D eigenvalue weighted by Crippen LogP contribution is 2.36. The van der Waals surface area contributed by atoms with Gasteiger partial charge in [0.15, 0.2) is 6.29 Å². The first-order valence-corrected chi connectivity index (χ1v) is 10.9. The molecule has 1 fully saturated rings. The molecule has 1 heterocycles. The van der Waals surface area contributed by atoms with Gasteiger partial charge in [-0.25, -0.2) is 0 Å². The SMILES string of the molecule is COc1ccc(-c2cc(OC3CCNCC3Cc3ccccc3)cc(OC)c2C=O)cc1. The van der Waals surface area contributed by atoms with Gasteiger partial charge in [0.25, 0.3) is 0 Å². The monoisotopic (exact) mass is 431 g/mol. The number of hydrogen-bond donors (Lipinski definition) is 1. The van der Waals surface area contributed by atoms with Crippen molar-refractivity contribution in [3.05, 3.63) is 77.9 Å². The van der Waals surface area contributed by atoms with Gasteiger partial charge in [-0.15, -0.1) is 0 Å². The average molecular weight is 432 g/mol. The zero-order valence-electron chi connectivity index (χ0n) is 18.5. The molecule has 166 valence electrons. The Balaban J connectivity index is 1.64. The molecule has 0 radical (unpaired) electrons. The van der Waals surface area contributed by atoms with Crippen LogP contribution >= 0.6 is 0 Å². The minimum atomic E-state index is 0.0759. The molecule has 5 nitrogen and oxygen atoms in total. The number of benzene rings is 3. The van der Waals surface area contributed by atoms with Crippen molar-refractivity contribution in [3.63, 3.8) is 0 Å². The first-order valence-electron chi connectivity index (χ1n) is 10.9. The van der Waals surface area contributed by atoms with E-state index in [0.29, 0.717) is 23.0 Å². The molecule has 0 aromatic heterocycles. The summed E-state index contributed by atoms with van der Waals surface area (Å²) >= 11 is 0. The maximum atomic E-state index is 11.9. The number of aldehydes is 1. The number of ether oxygens (including phenoxy) is 3. The maximum absolute atomic E-state index is 11.9. The van der Waals surface area contributed by atoms with Gasteiger partial charge in [-0.1, -0.05) is 42.5 Å². The van der Waals surface area contributed by atoms with E-state index in [4.69, 9.17) is 14.2 Å². The number of nitrogens with one attached hydrogen (secondary N) is 1. The third kappa shape index (κ3) is 4.94. The van der Waals surface area contributed by atoms with Crippen molar-refractivity contribution in [1.82, 2.24) is 5.32 Å². The van der Waals surface area contributed by atoms with E-state index >= 15 is 0 Å². The highest BCUT2D eigenvalue weighted by atomic mass is 16.5. The normalized spacial score (nSPS) is 18.1. The van der Waals surface area contributed by atoms with Crippen molar-refractivity contribution in [2.45, 2.75) is 18.9 Å². The number of carbonyl (C=O) groups is 1. The van der Waals surface area contributed by atoms with Gasteiger partial charge in [-0.05, 0) is 54.3 Å². The maximum Gasteiger partial charge on any atom is 0.154 e. The Bertz CT molecular complexity index is 1030. The fraction of sp³-hybridized carbons (Fsp3) is 0.296. The molecule has 1 aliphatic rings. The van der Waals surface area contributed by atoms with Crippen molar-refractivity contribution >= 4 is 6.29 Å². The molecule has 3 aromatic rings. The molecule has 1 aliphatic heterocycles. The summed E-state index contributed by atoms with van der Waals surface area (Å²) in [6.45, 7) is 1.83. The molecular formula is C27H29NO4. The van der Waals surface area contributed by atoms with Gasteiger partial charge in [0.05, 0.1) is 19.8 Å². The number of hydrogen-bond acceptors (Lipinski definition) is 5. The lowest BCUT2D eigenvalue weighted by Crippen LogP contribution is -2.43. The van der Waals surface area contributed by atoms with Crippen molar-refractivity contribution in [2.75, 3.05) is 27.3 Å². The highest BCUT2D eigenvalue weighted by Gasteiger charge is 2.27. The number of rotatable bonds is 8. The number of piperidine rings is 1.